The quantitative estimate of drug-likeness (QED) is 0.0562. The van der Waals surface area contributed by atoms with Crippen LogP contribution in [0.15, 0.2) is 12.4 Å². The molecule has 0 atom stereocenters. The fourth-order valence-electron chi connectivity index (χ4n) is 10.4. The highest BCUT2D eigenvalue weighted by atomic mass is 15.4. The average Bonchev–Trinajstić information content (AvgIpc) is 3.67. The molecule has 1 rings (SSSR count). The molecule has 1 aliphatic heterocycles. The molecule has 0 aromatic rings. The molecule has 2 heteroatoms. The van der Waals surface area contributed by atoms with E-state index in [-0.39, 0.29) is 0 Å². The van der Waals surface area contributed by atoms with Gasteiger partial charge >= 0.3 is 0 Å². The third kappa shape index (κ3) is 42.0. The van der Waals surface area contributed by atoms with Gasteiger partial charge in [-0.05, 0) is 25.7 Å². The maximum absolute atomic E-state index is 2.76. The van der Waals surface area contributed by atoms with Gasteiger partial charge in [-0.25, -0.2) is 0 Å². The number of unbranched alkanes of at least 4 members (excludes halogenated alkanes) is 48. The molecule has 0 saturated carbocycles. The third-order valence-corrected chi connectivity index (χ3v) is 14.8. The molecule has 0 bridgehead atoms. The van der Waals surface area contributed by atoms with Crippen LogP contribution in [-0.2, 0) is 0 Å². The number of hydrogen-bond donors (Lipinski definition) is 0. The minimum Gasteiger partial charge on any atom is -0.356 e. The smallest absolute Gasteiger partial charge is 0.101 e. The fourth-order valence-corrected chi connectivity index (χ4v) is 10.4. The van der Waals surface area contributed by atoms with E-state index in [1.54, 1.807) is 0 Å². The number of nitrogens with zero attached hydrogens (tertiary/aromatic N) is 2. The molecular formula is C60H120N2. The minimum absolute atomic E-state index is 0.633. The third-order valence-electron chi connectivity index (χ3n) is 14.8. The summed E-state index contributed by atoms with van der Waals surface area (Å²) in [5.41, 5.74) is 0. The Morgan fingerprint density at radius 2 is 0.371 bits per heavy atom. The highest BCUT2D eigenvalue weighted by molar-refractivity contribution is 4.97. The summed E-state index contributed by atoms with van der Waals surface area (Å²) < 4.78 is 0. The van der Waals surface area contributed by atoms with Crippen LogP contribution >= 0.6 is 0 Å². The largest absolute Gasteiger partial charge is 0.356 e. The van der Waals surface area contributed by atoms with Crippen molar-refractivity contribution in [1.29, 1.82) is 0 Å². The van der Waals surface area contributed by atoms with Crippen molar-refractivity contribution in [2.24, 2.45) is 0 Å². The molecular weight excluding hydrogens is 749 g/mol. The van der Waals surface area contributed by atoms with E-state index in [2.05, 4.69) is 43.0 Å². The van der Waals surface area contributed by atoms with Crippen molar-refractivity contribution < 1.29 is 0 Å². The Kier molecular flexibility index (Phi) is 49.1. The molecule has 0 radical (unpaired) electrons. The van der Waals surface area contributed by atoms with Gasteiger partial charge in [-0.2, -0.15) is 0 Å². The molecule has 0 fully saturated rings. The van der Waals surface area contributed by atoms with Crippen molar-refractivity contribution in [2.75, 3.05) is 13.1 Å². The molecule has 0 N–H and O–H groups in total. The van der Waals surface area contributed by atoms with Crippen molar-refractivity contribution in [1.82, 2.24) is 9.80 Å². The Labute approximate surface area is 394 Å². The Morgan fingerprint density at radius 1 is 0.210 bits per heavy atom. The molecule has 0 amide bonds. The summed E-state index contributed by atoms with van der Waals surface area (Å²) in [5, 5.41) is 0. The van der Waals surface area contributed by atoms with E-state index in [0.717, 1.165) is 0 Å². The minimum atomic E-state index is 0.633. The Morgan fingerprint density at radius 3 is 0.565 bits per heavy atom. The number of rotatable bonds is 54. The zero-order valence-electron chi connectivity index (χ0n) is 43.8. The Balaban J connectivity index is 2.18. The fraction of sp³-hybridized carbons (Fsp3) is 0.967. The Hall–Kier alpha value is -0.660. The van der Waals surface area contributed by atoms with Crippen molar-refractivity contribution in [3.05, 3.63) is 12.4 Å². The highest BCUT2D eigenvalue weighted by Crippen LogP contribution is 2.25. The summed E-state index contributed by atoms with van der Waals surface area (Å²) >= 11 is 0. The lowest BCUT2D eigenvalue weighted by molar-refractivity contribution is 0.135. The normalized spacial score (nSPS) is 13.1. The summed E-state index contributed by atoms with van der Waals surface area (Å²) in [6.45, 7) is 9.50. The van der Waals surface area contributed by atoms with Crippen molar-refractivity contribution in [3.63, 3.8) is 0 Å². The topological polar surface area (TPSA) is 6.48 Å². The lowest BCUT2D eigenvalue weighted by Crippen LogP contribution is -2.39. The van der Waals surface area contributed by atoms with E-state index in [1.165, 1.54) is 347 Å². The van der Waals surface area contributed by atoms with Gasteiger partial charge in [0.1, 0.15) is 6.17 Å². The second kappa shape index (κ2) is 51.3. The van der Waals surface area contributed by atoms with Gasteiger partial charge in [0.25, 0.3) is 0 Å². The predicted molar refractivity (Wildman–Crippen MR) is 283 cm³/mol. The molecule has 62 heavy (non-hydrogen) atoms. The van der Waals surface area contributed by atoms with E-state index in [0.29, 0.717) is 6.17 Å². The van der Waals surface area contributed by atoms with Gasteiger partial charge in [-0.1, -0.05) is 329 Å². The summed E-state index contributed by atoms with van der Waals surface area (Å²) in [5.74, 6) is 0. The first-order valence-corrected chi connectivity index (χ1v) is 30.0. The van der Waals surface area contributed by atoms with Crippen molar-refractivity contribution in [3.8, 4) is 0 Å². The lowest BCUT2D eigenvalue weighted by Gasteiger charge is -2.33. The summed E-state index contributed by atoms with van der Waals surface area (Å²) in [4.78, 5) is 5.51. The van der Waals surface area contributed by atoms with Crippen LogP contribution in [0.5, 0.6) is 0 Å². The standard InChI is InChI=1S/C60H120N2/c1-4-7-10-13-16-19-22-25-28-31-34-37-40-43-46-49-52-55-60-61(56-53-50-47-44-41-38-35-32-29-26-23-20-17-14-11-8-5-2)58-59-62(60)57-54-51-48-45-42-39-36-33-30-27-24-21-18-15-12-9-6-3/h58-60H,4-57H2,1-3H3. The molecule has 370 valence electrons. The zero-order valence-corrected chi connectivity index (χ0v) is 43.8. The predicted octanol–water partition coefficient (Wildman–Crippen LogP) is 21.7. The molecule has 1 aliphatic rings. The van der Waals surface area contributed by atoms with Crippen LogP contribution in [-0.4, -0.2) is 29.1 Å². The monoisotopic (exact) mass is 869 g/mol. The highest BCUT2D eigenvalue weighted by Gasteiger charge is 2.25. The SMILES string of the molecule is CCCCCCCCCCCCCCCCCCCC1N(CCCCCCCCCCCCCCCCCCC)C=CN1CCCCCCCCCCCCCCCCCCC. The van der Waals surface area contributed by atoms with Gasteiger partial charge in [0, 0.05) is 25.5 Å². The summed E-state index contributed by atoms with van der Waals surface area (Å²) in [6, 6.07) is 0. The first-order valence-electron chi connectivity index (χ1n) is 30.0. The van der Waals surface area contributed by atoms with Gasteiger partial charge in [0.2, 0.25) is 0 Å². The zero-order chi connectivity index (χ0) is 44.3. The van der Waals surface area contributed by atoms with Crippen LogP contribution < -0.4 is 0 Å². The first kappa shape index (κ1) is 59.4. The van der Waals surface area contributed by atoms with E-state index < -0.39 is 0 Å². The van der Waals surface area contributed by atoms with Crippen LogP contribution in [0.3, 0.4) is 0 Å². The van der Waals surface area contributed by atoms with Crippen LogP contribution in [0, 0.1) is 0 Å². The molecule has 1 heterocycles. The van der Waals surface area contributed by atoms with E-state index >= 15 is 0 Å². The number of hydrogen-bond acceptors (Lipinski definition) is 2. The van der Waals surface area contributed by atoms with Crippen LogP contribution in [0.1, 0.15) is 355 Å². The van der Waals surface area contributed by atoms with Crippen molar-refractivity contribution in [2.45, 2.75) is 361 Å². The van der Waals surface area contributed by atoms with Gasteiger partial charge < -0.3 is 9.80 Å². The molecule has 0 unspecified atom stereocenters. The van der Waals surface area contributed by atoms with E-state index in [1.807, 2.05) is 0 Å². The molecule has 0 saturated heterocycles. The Bertz CT molecular complexity index is 789. The van der Waals surface area contributed by atoms with Gasteiger partial charge in [-0.3, -0.25) is 0 Å². The maximum atomic E-state index is 2.76. The van der Waals surface area contributed by atoms with Gasteiger partial charge in [0.15, 0.2) is 0 Å². The van der Waals surface area contributed by atoms with Gasteiger partial charge in [0.05, 0.1) is 0 Å². The lowest BCUT2D eigenvalue weighted by atomic mass is 10.0. The first-order chi connectivity index (χ1) is 30.8. The molecule has 0 aromatic carbocycles. The van der Waals surface area contributed by atoms with Crippen LogP contribution in [0.25, 0.3) is 0 Å². The van der Waals surface area contributed by atoms with Crippen molar-refractivity contribution >= 4 is 0 Å². The second-order valence-electron chi connectivity index (χ2n) is 21.0. The van der Waals surface area contributed by atoms with Crippen LogP contribution in [0.2, 0.25) is 0 Å². The summed E-state index contributed by atoms with van der Waals surface area (Å²) in [7, 11) is 0. The molecule has 2 nitrogen and oxygen atoms in total. The molecule has 0 spiro atoms. The molecule has 0 aromatic heterocycles. The van der Waals surface area contributed by atoms with Gasteiger partial charge in [-0.15, -0.1) is 0 Å². The average molecular weight is 870 g/mol. The van der Waals surface area contributed by atoms with E-state index in [4.69, 9.17) is 0 Å². The maximum Gasteiger partial charge on any atom is 0.101 e. The molecule has 0 aliphatic carbocycles. The van der Waals surface area contributed by atoms with E-state index in [9.17, 15) is 0 Å². The van der Waals surface area contributed by atoms with Crippen LogP contribution in [0.4, 0.5) is 0 Å². The summed E-state index contributed by atoms with van der Waals surface area (Å²) in [6.07, 6.45) is 81.3. The second-order valence-corrected chi connectivity index (χ2v) is 21.0.